The molecule has 0 aliphatic carbocycles. The first kappa shape index (κ1) is 16.6. The van der Waals surface area contributed by atoms with Gasteiger partial charge in [0.25, 0.3) is 0 Å². The number of nitrogens with one attached hydrogen (secondary N) is 1. The van der Waals surface area contributed by atoms with Crippen molar-refractivity contribution in [3.8, 4) is 16.9 Å². The largest absolute Gasteiger partial charge is 0.496 e. The average Bonchev–Trinajstić information content (AvgIpc) is 3.17. The smallest absolute Gasteiger partial charge is 0.235 e. The summed E-state index contributed by atoms with van der Waals surface area (Å²) in [5.74, 6) is 0.797. The van der Waals surface area contributed by atoms with Gasteiger partial charge in [-0.25, -0.2) is 0 Å². The fourth-order valence-electron chi connectivity index (χ4n) is 4.10. The van der Waals surface area contributed by atoms with Crippen molar-refractivity contribution in [2.45, 2.75) is 25.2 Å². The molecule has 1 N–H and O–H groups in total. The maximum Gasteiger partial charge on any atom is 0.235 e. The topological polar surface area (TPSA) is 76.5 Å². The minimum Gasteiger partial charge on any atom is -0.496 e. The molecule has 4 rings (SSSR count). The second-order valence-electron chi connectivity index (χ2n) is 7.04. The van der Waals surface area contributed by atoms with Gasteiger partial charge in [-0.05, 0) is 30.5 Å². The van der Waals surface area contributed by atoms with Crippen LogP contribution in [0.3, 0.4) is 0 Å². The van der Waals surface area contributed by atoms with Crippen molar-refractivity contribution in [3.05, 3.63) is 30.1 Å². The molecule has 3 heterocycles. The molecule has 0 saturated carbocycles. The van der Waals surface area contributed by atoms with Crippen LogP contribution in [0.5, 0.6) is 5.75 Å². The van der Waals surface area contributed by atoms with E-state index in [-0.39, 0.29) is 11.8 Å². The molecule has 7 heteroatoms. The molecule has 1 aromatic heterocycles. The van der Waals surface area contributed by atoms with Crippen LogP contribution in [0, 0.1) is 0 Å². The number of carbonyl (C=O) groups is 2. The molecule has 2 aliphatic rings. The summed E-state index contributed by atoms with van der Waals surface area (Å²) in [4.78, 5) is 26.3. The zero-order chi connectivity index (χ0) is 18.5. The Kier molecular flexibility index (Phi) is 3.75. The van der Waals surface area contributed by atoms with E-state index < -0.39 is 5.41 Å². The summed E-state index contributed by atoms with van der Waals surface area (Å²) in [6.45, 7) is 2.76. The summed E-state index contributed by atoms with van der Waals surface area (Å²) >= 11 is 0. The number of aromatic nitrogens is 2. The van der Waals surface area contributed by atoms with Gasteiger partial charge in [0.15, 0.2) is 0 Å². The van der Waals surface area contributed by atoms with E-state index in [2.05, 4.69) is 10.4 Å². The van der Waals surface area contributed by atoms with Crippen LogP contribution in [0.2, 0.25) is 0 Å². The second-order valence-corrected chi connectivity index (χ2v) is 7.04. The van der Waals surface area contributed by atoms with Gasteiger partial charge in [0, 0.05) is 50.1 Å². The van der Waals surface area contributed by atoms with Crippen molar-refractivity contribution in [3.63, 3.8) is 0 Å². The number of hydrogen-bond donors (Lipinski definition) is 1. The Balaban J connectivity index is 1.76. The summed E-state index contributed by atoms with van der Waals surface area (Å²) in [6.07, 6.45) is 4.95. The molecule has 26 heavy (non-hydrogen) atoms. The minimum absolute atomic E-state index is 0.0149. The predicted molar refractivity (Wildman–Crippen MR) is 97.0 cm³/mol. The lowest BCUT2D eigenvalue weighted by Crippen LogP contribution is -2.47. The van der Waals surface area contributed by atoms with Gasteiger partial charge in [0.05, 0.1) is 18.7 Å². The minimum atomic E-state index is -0.581. The Hall–Kier alpha value is -2.83. The van der Waals surface area contributed by atoms with Gasteiger partial charge < -0.3 is 15.0 Å². The SMILES string of the molecule is COc1cc2c(cc1-c1cnn(C)c1)NC(=O)C21CCN(C(C)=O)CC1. The molecule has 2 aromatic rings. The number of ether oxygens (including phenoxy) is 1. The van der Waals surface area contributed by atoms with Gasteiger partial charge in [0.2, 0.25) is 11.8 Å². The summed E-state index contributed by atoms with van der Waals surface area (Å²) in [6, 6.07) is 3.94. The molecule has 1 spiro atoms. The van der Waals surface area contributed by atoms with E-state index in [1.807, 2.05) is 25.4 Å². The molecular weight excluding hydrogens is 332 g/mol. The molecular formula is C19H22N4O3. The fourth-order valence-corrected chi connectivity index (χ4v) is 4.10. The molecule has 2 amide bonds. The van der Waals surface area contributed by atoms with Gasteiger partial charge in [-0.1, -0.05) is 0 Å². The van der Waals surface area contributed by atoms with E-state index in [9.17, 15) is 9.59 Å². The Bertz CT molecular complexity index is 894. The molecule has 2 aliphatic heterocycles. The number of rotatable bonds is 2. The Morgan fingerprint density at radius 2 is 2.04 bits per heavy atom. The Labute approximate surface area is 151 Å². The summed E-state index contributed by atoms with van der Waals surface area (Å²) < 4.78 is 7.36. The lowest BCUT2D eigenvalue weighted by molar-refractivity contribution is -0.133. The van der Waals surface area contributed by atoms with Crippen LogP contribution in [-0.4, -0.2) is 46.7 Å². The third-order valence-electron chi connectivity index (χ3n) is 5.62. The van der Waals surface area contributed by atoms with Crippen molar-refractivity contribution < 1.29 is 14.3 Å². The number of nitrogens with zero attached hydrogens (tertiary/aromatic N) is 3. The highest BCUT2D eigenvalue weighted by molar-refractivity contribution is 6.07. The van der Waals surface area contributed by atoms with Gasteiger partial charge >= 0.3 is 0 Å². The molecule has 0 atom stereocenters. The normalized spacial score (nSPS) is 18.0. The van der Waals surface area contributed by atoms with E-state index in [0.29, 0.717) is 25.9 Å². The molecule has 1 fully saturated rings. The van der Waals surface area contributed by atoms with Crippen molar-refractivity contribution in [2.24, 2.45) is 7.05 Å². The standard InChI is InChI=1S/C19H22N4O3/c1-12(24)23-6-4-19(5-7-23)15-9-17(26-3)14(8-16(15)21-18(19)25)13-10-20-22(2)11-13/h8-11H,4-7H2,1-3H3,(H,21,25). The second kappa shape index (κ2) is 5.86. The number of amides is 2. The van der Waals surface area contributed by atoms with Gasteiger partial charge in [-0.3, -0.25) is 14.3 Å². The van der Waals surface area contributed by atoms with Crippen LogP contribution in [-0.2, 0) is 22.1 Å². The van der Waals surface area contributed by atoms with Crippen LogP contribution < -0.4 is 10.1 Å². The Morgan fingerprint density at radius 1 is 1.31 bits per heavy atom. The number of benzene rings is 1. The summed E-state index contributed by atoms with van der Waals surface area (Å²) in [5, 5.41) is 7.27. The van der Waals surface area contributed by atoms with Crippen molar-refractivity contribution in [2.75, 3.05) is 25.5 Å². The number of fused-ring (bicyclic) bond motifs is 2. The third kappa shape index (κ3) is 2.38. The van der Waals surface area contributed by atoms with Gasteiger partial charge in [0.1, 0.15) is 5.75 Å². The number of anilines is 1. The third-order valence-corrected chi connectivity index (χ3v) is 5.62. The molecule has 0 unspecified atom stereocenters. The van der Waals surface area contributed by atoms with Crippen LogP contribution in [0.15, 0.2) is 24.5 Å². The molecule has 136 valence electrons. The van der Waals surface area contributed by atoms with Crippen molar-refractivity contribution >= 4 is 17.5 Å². The van der Waals surface area contributed by atoms with Gasteiger partial charge in [-0.15, -0.1) is 0 Å². The molecule has 0 bridgehead atoms. The van der Waals surface area contributed by atoms with E-state index >= 15 is 0 Å². The van der Waals surface area contributed by atoms with Crippen LogP contribution >= 0.6 is 0 Å². The average molecular weight is 354 g/mol. The summed E-state index contributed by atoms with van der Waals surface area (Å²) in [5.41, 5.74) is 3.05. The maximum atomic E-state index is 12.9. The lowest BCUT2D eigenvalue weighted by Gasteiger charge is -2.37. The first-order valence-corrected chi connectivity index (χ1v) is 8.73. The number of hydrogen-bond acceptors (Lipinski definition) is 4. The summed E-state index contributed by atoms with van der Waals surface area (Å²) in [7, 11) is 3.50. The molecule has 1 aromatic carbocycles. The lowest BCUT2D eigenvalue weighted by atomic mass is 9.73. The predicted octanol–water partition coefficient (Wildman–Crippen LogP) is 1.93. The fraction of sp³-hybridized carbons (Fsp3) is 0.421. The van der Waals surface area contributed by atoms with Crippen LogP contribution in [0.4, 0.5) is 5.69 Å². The number of carbonyl (C=O) groups excluding carboxylic acids is 2. The molecule has 0 radical (unpaired) electrons. The van der Waals surface area contributed by atoms with E-state index in [4.69, 9.17) is 4.74 Å². The van der Waals surface area contributed by atoms with Crippen molar-refractivity contribution in [1.82, 2.24) is 14.7 Å². The first-order valence-electron chi connectivity index (χ1n) is 8.73. The quantitative estimate of drug-likeness (QED) is 0.894. The van der Waals surface area contributed by atoms with E-state index in [0.717, 1.165) is 28.1 Å². The zero-order valence-electron chi connectivity index (χ0n) is 15.2. The van der Waals surface area contributed by atoms with E-state index in [1.165, 1.54) is 0 Å². The highest BCUT2D eigenvalue weighted by atomic mass is 16.5. The van der Waals surface area contributed by atoms with E-state index in [1.54, 1.807) is 29.8 Å². The number of likely N-dealkylation sites (tertiary alicyclic amines) is 1. The number of methoxy groups -OCH3 is 1. The molecule has 7 nitrogen and oxygen atoms in total. The van der Waals surface area contributed by atoms with Crippen LogP contribution in [0.25, 0.3) is 11.1 Å². The monoisotopic (exact) mass is 354 g/mol. The first-order chi connectivity index (χ1) is 12.4. The maximum absolute atomic E-state index is 12.9. The Morgan fingerprint density at radius 3 is 2.62 bits per heavy atom. The van der Waals surface area contributed by atoms with Crippen LogP contribution in [0.1, 0.15) is 25.3 Å². The molecule has 1 saturated heterocycles. The highest BCUT2D eigenvalue weighted by Gasteiger charge is 2.49. The zero-order valence-corrected chi connectivity index (χ0v) is 15.2. The highest BCUT2D eigenvalue weighted by Crippen LogP contribution is 2.48. The number of aryl methyl sites for hydroxylation is 1. The number of piperidine rings is 1. The van der Waals surface area contributed by atoms with Gasteiger partial charge in [-0.2, -0.15) is 5.10 Å². The van der Waals surface area contributed by atoms with Crippen molar-refractivity contribution in [1.29, 1.82) is 0 Å².